The third-order valence-corrected chi connectivity index (χ3v) is 5.72. The number of benzene rings is 2. The van der Waals surface area contributed by atoms with Gasteiger partial charge in [-0.1, -0.05) is 6.07 Å². The van der Waals surface area contributed by atoms with Gasteiger partial charge >= 0.3 is 6.09 Å². The maximum absolute atomic E-state index is 12.7. The lowest BCUT2D eigenvalue weighted by atomic mass is 10.1. The van der Waals surface area contributed by atoms with Crippen molar-refractivity contribution in [3.8, 4) is 0 Å². The standard InChI is InChI=1S/C23H28N4O3/c1-17(2)25-10-12-26(13-11-25)20-8-6-18(7-9-20)22(28)24-19-4-3-5-21(16-19)27-14-15-30-23(27)29/h3-9,16-17H,10-15H2,1-2H3,(H,24,28). The molecular formula is C23H28N4O3. The molecule has 2 fully saturated rings. The summed E-state index contributed by atoms with van der Waals surface area (Å²) in [5.41, 5.74) is 3.10. The molecule has 0 atom stereocenters. The van der Waals surface area contributed by atoms with Crippen molar-refractivity contribution in [3.63, 3.8) is 0 Å². The monoisotopic (exact) mass is 408 g/mol. The van der Waals surface area contributed by atoms with E-state index in [1.165, 1.54) is 0 Å². The Labute approximate surface area is 177 Å². The lowest BCUT2D eigenvalue weighted by molar-refractivity contribution is 0.102. The van der Waals surface area contributed by atoms with E-state index >= 15 is 0 Å². The number of carbonyl (C=O) groups excluding carboxylic acids is 2. The second kappa shape index (κ2) is 8.75. The highest BCUT2D eigenvalue weighted by molar-refractivity contribution is 6.05. The first-order chi connectivity index (χ1) is 14.5. The molecule has 0 unspecified atom stereocenters. The molecule has 30 heavy (non-hydrogen) atoms. The Kier molecular flexibility index (Phi) is 5.90. The van der Waals surface area contributed by atoms with Crippen LogP contribution in [-0.4, -0.2) is 62.3 Å². The lowest BCUT2D eigenvalue weighted by Gasteiger charge is -2.38. The summed E-state index contributed by atoms with van der Waals surface area (Å²) in [6.45, 7) is 9.47. The van der Waals surface area contributed by atoms with Crippen LogP contribution in [0.1, 0.15) is 24.2 Å². The van der Waals surface area contributed by atoms with Crippen LogP contribution in [0.25, 0.3) is 0 Å². The fourth-order valence-electron chi connectivity index (χ4n) is 3.90. The number of ether oxygens (including phenoxy) is 1. The van der Waals surface area contributed by atoms with Gasteiger partial charge in [0.05, 0.1) is 6.54 Å². The molecule has 0 aromatic heterocycles. The molecule has 158 valence electrons. The van der Waals surface area contributed by atoms with Crippen LogP contribution in [0.3, 0.4) is 0 Å². The van der Waals surface area contributed by atoms with E-state index in [-0.39, 0.29) is 12.0 Å². The van der Waals surface area contributed by atoms with Gasteiger partial charge in [0.1, 0.15) is 6.61 Å². The number of amides is 2. The Balaban J connectivity index is 1.38. The van der Waals surface area contributed by atoms with Crippen molar-refractivity contribution in [3.05, 3.63) is 54.1 Å². The normalized spacial score (nSPS) is 17.4. The van der Waals surface area contributed by atoms with Crippen LogP contribution in [0.5, 0.6) is 0 Å². The largest absolute Gasteiger partial charge is 0.447 e. The highest BCUT2D eigenvalue weighted by Gasteiger charge is 2.24. The molecule has 0 radical (unpaired) electrons. The fraction of sp³-hybridized carbons (Fsp3) is 0.391. The molecule has 7 nitrogen and oxygen atoms in total. The van der Waals surface area contributed by atoms with E-state index in [0.29, 0.717) is 36.1 Å². The quantitative estimate of drug-likeness (QED) is 0.821. The van der Waals surface area contributed by atoms with Crippen molar-refractivity contribution in [2.45, 2.75) is 19.9 Å². The predicted molar refractivity (Wildman–Crippen MR) is 118 cm³/mol. The summed E-state index contributed by atoms with van der Waals surface area (Å²) in [4.78, 5) is 30.8. The third-order valence-electron chi connectivity index (χ3n) is 5.72. The number of hydrogen-bond acceptors (Lipinski definition) is 5. The number of nitrogens with zero attached hydrogens (tertiary/aromatic N) is 3. The zero-order chi connectivity index (χ0) is 21.1. The molecule has 2 aliphatic heterocycles. The molecule has 0 saturated carbocycles. The Morgan fingerprint density at radius 1 is 0.967 bits per heavy atom. The van der Waals surface area contributed by atoms with E-state index in [9.17, 15) is 9.59 Å². The topological polar surface area (TPSA) is 65.1 Å². The van der Waals surface area contributed by atoms with Gasteiger partial charge in [-0.25, -0.2) is 4.79 Å². The number of piperazine rings is 1. The second-order valence-electron chi connectivity index (χ2n) is 7.93. The van der Waals surface area contributed by atoms with Crippen LogP contribution in [0, 0.1) is 0 Å². The maximum atomic E-state index is 12.7. The minimum absolute atomic E-state index is 0.174. The number of carbonyl (C=O) groups is 2. The average Bonchev–Trinajstić information content (AvgIpc) is 3.20. The zero-order valence-electron chi connectivity index (χ0n) is 17.5. The fourth-order valence-corrected chi connectivity index (χ4v) is 3.90. The van der Waals surface area contributed by atoms with Gasteiger partial charge in [-0.15, -0.1) is 0 Å². The Morgan fingerprint density at radius 2 is 1.70 bits per heavy atom. The molecule has 4 rings (SSSR count). The van der Waals surface area contributed by atoms with Crippen LogP contribution in [0.4, 0.5) is 21.9 Å². The van der Waals surface area contributed by atoms with Crippen LogP contribution in [-0.2, 0) is 4.74 Å². The molecule has 7 heteroatoms. The number of cyclic esters (lactones) is 1. The van der Waals surface area contributed by atoms with E-state index in [1.807, 2.05) is 42.5 Å². The van der Waals surface area contributed by atoms with E-state index in [1.54, 1.807) is 11.0 Å². The van der Waals surface area contributed by atoms with Crippen LogP contribution < -0.4 is 15.1 Å². The highest BCUT2D eigenvalue weighted by Crippen LogP contribution is 2.23. The molecule has 2 aliphatic rings. The number of nitrogens with one attached hydrogen (secondary N) is 1. The van der Waals surface area contributed by atoms with E-state index in [2.05, 4.69) is 29.0 Å². The highest BCUT2D eigenvalue weighted by atomic mass is 16.6. The van der Waals surface area contributed by atoms with E-state index in [0.717, 1.165) is 31.9 Å². The van der Waals surface area contributed by atoms with Crippen molar-refractivity contribution >= 4 is 29.1 Å². The number of hydrogen-bond donors (Lipinski definition) is 1. The summed E-state index contributed by atoms with van der Waals surface area (Å²) >= 11 is 0. The maximum Gasteiger partial charge on any atom is 0.414 e. The van der Waals surface area contributed by atoms with Crippen molar-refractivity contribution < 1.29 is 14.3 Å². The van der Waals surface area contributed by atoms with Gasteiger partial charge in [0.25, 0.3) is 5.91 Å². The molecule has 2 aromatic rings. The molecule has 0 aliphatic carbocycles. The van der Waals surface area contributed by atoms with Crippen molar-refractivity contribution in [1.82, 2.24) is 4.90 Å². The van der Waals surface area contributed by atoms with Crippen LogP contribution >= 0.6 is 0 Å². The smallest absolute Gasteiger partial charge is 0.414 e. The molecule has 0 bridgehead atoms. The molecule has 2 saturated heterocycles. The first kappa shape index (κ1) is 20.2. The van der Waals surface area contributed by atoms with Gasteiger partial charge in [-0.2, -0.15) is 0 Å². The SMILES string of the molecule is CC(C)N1CCN(c2ccc(C(=O)Nc3cccc(N4CCOC4=O)c3)cc2)CC1. The summed E-state index contributed by atoms with van der Waals surface area (Å²) in [5.74, 6) is -0.174. The second-order valence-corrected chi connectivity index (χ2v) is 7.93. The average molecular weight is 409 g/mol. The molecule has 2 aromatic carbocycles. The Hall–Kier alpha value is -3.06. The van der Waals surface area contributed by atoms with Gasteiger partial charge in [-0.05, 0) is 56.3 Å². The van der Waals surface area contributed by atoms with Gasteiger partial charge in [-0.3, -0.25) is 14.6 Å². The first-order valence-electron chi connectivity index (χ1n) is 10.5. The van der Waals surface area contributed by atoms with Crippen molar-refractivity contribution in [2.24, 2.45) is 0 Å². The lowest BCUT2D eigenvalue weighted by Crippen LogP contribution is -2.48. The van der Waals surface area contributed by atoms with Gasteiger partial charge in [0.2, 0.25) is 0 Å². The minimum atomic E-state index is -0.358. The number of anilines is 3. The number of rotatable bonds is 5. The Bertz CT molecular complexity index is 905. The third kappa shape index (κ3) is 4.41. The summed E-state index contributed by atoms with van der Waals surface area (Å²) in [6, 6.07) is 15.6. The van der Waals surface area contributed by atoms with Crippen LogP contribution in [0.2, 0.25) is 0 Å². The zero-order valence-corrected chi connectivity index (χ0v) is 17.5. The van der Waals surface area contributed by atoms with Crippen molar-refractivity contribution in [2.75, 3.05) is 54.4 Å². The first-order valence-corrected chi connectivity index (χ1v) is 10.5. The van der Waals surface area contributed by atoms with Gasteiger partial charge in [0.15, 0.2) is 0 Å². The molecule has 0 spiro atoms. The molecule has 1 N–H and O–H groups in total. The predicted octanol–water partition coefficient (Wildman–Crippen LogP) is 3.43. The summed E-state index contributed by atoms with van der Waals surface area (Å²) in [6.07, 6.45) is -0.358. The van der Waals surface area contributed by atoms with Crippen molar-refractivity contribution in [1.29, 1.82) is 0 Å². The van der Waals surface area contributed by atoms with Gasteiger partial charge < -0.3 is 15.0 Å². The molecule has 2 amide bonds. The minimum Gasteiger partial charge on any atom is -0.447 e. The van der Waals surface area contributed by atoms with Crippen LogP contribution in [0.15, 0.2) is 48.5 Å². The molecular weight excluding hydrogens is 380 g/mol. The summed E-state index contributed by atoms with van der Waals surface area (Å²) in [7, 11) is 0. The summed E-state index contributed by atoms with van der Waals surface area (Å²) < 4.78 is 4.98. The Morgan fingerprint density at radius 3 is 2.33 bits per heavy atom. The van der Waals surface area contributed by atoms with E-state index < -0.39 is 0 Å². The van der Waals surface area contributed by atoms with E-state index in [4.69, 9.17) is 4.74 Å². The summed E-state index contributed by atoms with van der Waals surface area (Å²) in [5, 5.41) is 2.92. The molecule has 2 heterocycles. The van der Waals surface area contributed by atoms with Gasteiger partial charge in [0, 0.05) is 54.8 Å².